The van der Waals surface area contributed by atoms with Gasteiger partial charge in [0.15, 0.2) is 0 Å². The van der Waals surface area contributed by atoms with Gasteiger partial charge >= 0.3 is 0 Å². The number of amides is 1. The smallest absolute Gasteiger partial charge is 0.243 e. The maximum atomic E-state index is 11.4. The van der Waals surface area contributed by atoms with Crippen molar-refractivity contribution in [1.29, 1.82) is 0 Å². The average molecular weight is 240 g/mol. The highest BCUT2D eigenvalue weighted by molar-refractivity contribution is 5.92. The monoisotopic (exact) mass is 240 g/mol. The SMILES string of the molecule is O=C1CNC2=C(C=NC=CN2c2ccccc2)N1. The van der Waals surface area contributed by atoms with E-state index in [0.29, 0.717) is 5.70 Å². The summed E-state index contributed by atoms with van der Waals surface area (Å²) in [6, 6.07) is 9.90. The second kappa shape index (κ2) is 4.37. The highest BCUT2D eigenvalue weighted by Crippen LogP contribution is 2.21. The highest BCUT2D eigenvalue weighted by Gasteiger charge is 2.21. The van der Waals surface area contributed by atoms with E-state index in [1.165, 1.54) is 0 Å². The van der Waals surface area contributed by atoms with Gasteiger partial charge in [0.2, 0.25) is 5.91 Å². The van der Waals surface area contributed by atoms with E-state index in [9.17, 15) is 4.79 Å². The number of benzene rings is 1. The van der Waals surface area contributed by atoms with Crippen LogP contribution in [-0.2, 0) is 4.79 Å². The van der Waals surface area contributed by atoms with Crippen LogP contribution in [0.2, 0.25) is 0 Å². The normalized spacial score (nSPS) is 18.0. The zero-order valence-corrected chi connectivity index (χ0v) is 9.63. The van der Waals surface area contributed by atoms with Gasteiger partial charge in [0, 0.05) is 18.1 Å². The van der Waals surface area contributed by atoms with Crippen molar-refractivity contribution in [2.24, 2.45) is 4.99 Å². The molecule has 0 radical (unpaired) electrons. The van der Waals surface area contributed by atoms with Crippen LogP contribution in [0.25, 0.3) is 0 Å². The van der Waals surface area contributed by atoms with Crippen LogP contribution in [0.15, 0.2) is 59.2 Å². The summed E-state index contributed by atoms with van der Waals surface area (Å²) in [5.74, 6) is 0.772. The second-order valence-corrected chi connectivity index (χ2v) is 3.95. The predicted octanol–water partition coefficient (Wildman–Crippen LogP) is 0.937. The highest BCUT2D eigenvalue weighted by atomic mass is 16.2. The Morgan fingerprint density at radius 3 is 2.89 bits per heavy atom. The zero-order valence-electron chi connectivity index (χ0n) is 9.63. The predicted molar refractivity (Wildman–Crippen MR) is 69.7 cm³/mol. The molecule has 0 unspecified atom stereocenters. The van der Waals surface area contributed by atoms with Crippen molar-refractivity contribution >= 4 is 17.8 Å². The topological polar surface area (TPSA) is 56.7 Å². The number of rotatable bonds is 1. The lowest BCUT2D eigenvalue weighted by Gasteiger charge is -2.28. The molecule has 1 aromatic carbocycles. The van der Waals surface area contributed by atoms with Crippen LogP contribution in [0.4, 0.5) is 5.69 Å². The molecule has 5 nitrogen and oxygen atoms in total. The summed E-state index contributed by atoms with van der Waals surface area (Å²) in [5.41, 5.74) is 1.69. The summed E-state index contributed by atoms with van der Waals surface area (Å²) in [4.78, 5) is 17.4. The molecule has 90 valence electrons. The largest absolute Gasteiger partial charge is 0.360 e. The number of aliphatic imine (C=N–C) groups is 1. The fraction of sp³-hybridized carbons (Fsp3) is 0.0769. The van der Waals surface area contributed by atoms with E-state index in [4.69, 9.17) is 0 Å². The van der Waals surface area contributed by atoms with Crippen LogP contribution in [-0.4, -0.2) is 18.7 Å². The summed E-state index contributed by atoms with van der Waals surface area (Å²) in [6.07, 6.45) is 5.19. The zero-order chi connectivity index (χ0) is 12.4. The van der Waals surface area contributed by atoms with Gasteiger partial charge in [-0.15, -0.1) is 0 Å². The summed E-state index contributed by atoms with van der Waals surface area (Å²) in [6.45, 7) is 0.268. The van der Waals surface area contributed by atoms with E-state index in [2.05, 4.69) is 15.6 Å². The van der Waals surface area contributed by atoms with Crippen molar-refractivity contribution < 1.29 is 4.79 Å². The Bertz CT molecular complexity index is 560. The van der Waals surface area contributed by atoms with Crippen LogP contribution in [0.5, 0.6) is 0 Å². The van der Waals surface area contributed by atoms with E-state index < -0.39 is 0 Å². The third kappa shape index (κ3) is 1.86. The van der Waals surface area contributed by atoms with Crippen molar-refractivity contribution in [3.8, 4) is 0 Å². The molecule has 1 aromatic rings. The van der Waals surface area contributed by atoms with Crippen molar-refractivity contribution in [2.75, 3.05) is 11.4 Å². The van der Waals surface area contributed by atoms with Crippen molar-refractivity contribution in [1.82, 2.24) is 10.6 Å². The number of nitrogens with one attached hydrogen (secondary N) is 2. The van der Waals surface area contributed by atoms with Crippen LogP contribution in [0.1, 0.15) is 0 Å². The first-order chi connectivity index (χ1) is 8.84. The van der Waals surface area contributed by atoms with Crippen molar-refractivity contribution in [2.45, 2.75) is 0 Å². The molecule has 2 aliphatic heterocycles. The van der Waals surface area contributed by atoms with Gasteiger partial charge in [-0.1, -0.05) is 18.2 Å². The van der Waals surface area contributed by atoms with Gasteiger partial charge in [-0.25, -0.2) is 0 Å². The quantitative estimate of drug-likeness (QED) is 0.768. The van der Waals surface area contributed by atoms with Crippen LogP contribution in [0.3, 0.4) is 0 Å². The van der Waals surface area contributed by atoms with E-state index in [1.807, 2.05) is 41.4 Å². The minimum atomic E-state index is -0.0601. The maximum Gasteiger partial charge on any atom is 0.243 e. The summed E-state index contributed by atoms with van der Waals surface area (Å²) in [5, 5.41) is 5.92. The third-order valence-corrected chi connectivity index (χ3v) is 2.73. The molecule has 2 aliphatic rings. The molecular formula is C13H12N4O. The number of carbonyl (C=O) groups is 1. The molecule has 5 heteroatoms. The number of carbonyl (C=O) groups excluding carboxylic acids is 1. The summed E-state index contributed by atoms with van der Waals surface area (Å²) >= 11 is 0. The van der Waals surface area contributed by atoms with Crippen molar-refractivity contribution in [3.05, 3.63) is 54.2 Å². The summed E-state index contributed by atoms with van der Waals surface area (Å²) in [7, 11) is 0. The fourth-order valence-electron chi connectivity index (χ4n) is 1.92. The second-order valence-electron chi connectivity index (χ2n) is 3.95. The lowest BCUT2D eigenvalue weighted by molar-refractivity contribution is -0.119. The maximum absolute atomic E-state index is 11.4. The molecule has 0 fully saturated rings. The third-order valence-electron chi connectivity index (χ3n) is 2.73. The average Bonchev–Trinajstić information content (AvgIpc) is 2.61. The molecule has 0 atom stereocenters. The number of allylic oxidation sites excluding steroid dienone is 1. The Morgan fingerprint density at radius 1 is 1.22 bits per heavy atom. The Hall–Kier alpha value is -2.56. The van der Waals surface area contributed by atoms with Crippen LogP contribution >= 0.6 is 0 Å². The molecule has 18 heavy (non-hydrogen) atoms. The van der Waals surface area contributed by atoms with Gasteiger partial charge in [-0.2, -0.15) is 0 Å². The number of anilines is 1. The lowest BCUT2D eigenvalue weighted by Crippen LogP contribution is -2.45. The lowest BCUT2D eigenvalue weighted by atomic mass is 10.2. The number of para-hydroxylation sites is 1. The molecule has 2 N–H and O–H groups in total. The molecule has 1 amide bonds. The number of hydrogen-bond donors (Lipinski definition) is 2. The molecule has 0 aliphatic carbocycles. The molecule has 0 spiro atoms. The molecule has 0 bridgehead atoms. The van der Waals surface area contributed by atoms with E-state index in [0.717, 1.165) is 11.5 Å². The Balaban J connectivity index is 2.04. The van der Waals surface area contributed by atoms with E-state index in [1.54, 1.807) is 12.4 Å². The van der Waals surface area contributed by atoms with Gasteiger partial charge in [0.1, 0.15) is 11.5 Å². The van der Waals surface area contributed by atoms with Gasteiger partial charge in [-0.3, -0.25) is 9.79 Å². The van der Waals surface area contributed by atoms with Gasteiger partial charge < -0.3 is 15.5 Å². The first-order valence-electron chi connectivity index (χ1n) is 5.67. The van der Waals surface area contributed by atoms with Crippen LogP contribution in [0, 0.1) is 0 Å². The van der Waals surface area contributed by atoms with Crippen molar-refractivity contribution in [3.63, 3.8) is 0 Å². The van der Waals surface area contributed by atoms with Gasteiger partial charge in [0.05, 0.1) is 12.8 Å². The molecule has 0 saturated carbocycles. The molecule has 2 heterocycles. The Morgan fingerprint density at radius 2 is 2.06 bits per heavy atom. The van der Waals surface area contributed by atoms with Crippen LogP contribution < -0.4 is 15.5 Å². The number of nitrogens with zero attached hydrogens (tertiary/aromatic N) is 2. The summed E-state index contributed by atoms with van der Waals surface area (Å²) < 4.78 is 0. The van der Waals surface area contributed by atoms with E-state index in [-0.39, 0.29) is 12.5 Å². The number of hydrogen-bond acceptors (Lipinski definition) is 4. The fourth-order valence-corrected chi connectivity index (χ4v) is 1.92. The van der Waals surface area contributed by atoms with Gasteiger partial charge in [0.25, 0.3) is 0 Å². The minimum Gasteiger partial charge on any atom is -0.360 e. The minimum absolute atomic E-state index is 0.0601. The standard InChI is InChI=1S/C13H12N4O/c18-12-9-15-13-11(16-12)8-14-6-7-17(13)10-4-2-1-3-5-10/h1-8,15H,9H2,(H,16,18). The molecule has 0 saturated heterocycles. The first kappa shape index (κ1) is 10.6. The Kier molecular flexibility index (Phi) is 2.57. The first-order valence-corrected chi connectivity index (χ1v) is 5.67. The van der Waals surface area contributed by atoms with Gasteiger partial charge in [-0.05, 0) is 12.1 Å². The Labute approximate surface area is 105 Å². The molecule has 0 aromatic heterocycles. The molecular weight excluding hydrogens is 228 g/mol. The van der Waals surface area contributed by atoms with E-state index >= 15 is 0 Å². The molecule has 3 rings (SSSR count).